The zero-order valence-electron chi connectivity index (χ0n) is 15.7. The molecule has 2 amide bonds. The molecule has 4 nitrogen and oxygen atoms in total. The number of hydrogen-bond donors (Lipinski definition) is 0. The smallest absolute Gasteiger partial charge is 0.268 e. The molecule has 0 atom stereocenters. The molecule has 0 bridgehead atoms. The Morgan fingerprint density at radius 3 is 2.17 bits per heavy atom. The number of benzene rings is 3. The molecule has 0 radical (unpaired) electrons. The lowest BCUT2D eigenvalue weighted by Gasteiger charge is -2.13. The normalized spacial score (nSPS) is 13.4. The number of anilines is 1. The second-order valence-electron chi connectivity index (χ2n) is 6.93. The van der Waals surface area contributed by atoms with Crippen molar-refractivity contribution in [1.29, 1.82) is 0 Å². The summed E-state index contributed by atoms with van der Waals surface area (Å²) in [5.41, 5.74) is 3.41. The van der Waals surface area contributed by atoms with Gasteiger partial charge >= 0.3 is 0 Å². The number of hydrogen-bond acceptors (Lipinski definition) is 3. The van der Waals surface area contributed by atoms with Gasteiger partial charge in [0.2, 0.25) is 0 Å². The minimum atomic E-state index is -0.358. The molecule has 0 N–H and O–H groups in total. The molecule has 0 unspecified atom stereocenters. The molecule has 4 aromatic rings. The van der Waals surface area contributed by atoms with Crippen LogP contribution in [0.25, 0.3) is 23.1 Å². The third-order valence-corrected chi connectivity index (χ3v) is 5.55. The molecule has 0 saturated carbocycles. The van der Waals surface area contributed by atoms with Crippen LogP contribution in [0.4, 0.5) is 5.69 Å². The SMILES string of the molecule is O=C1c2c(C=Cc3ccccc3)nc3ccc(Br)cc3c2C(=O)N1c1ccccc1. The Bertz CT molecular complexity index is 1330. The van der Waals surface area contributed by atoms with Gasteiger partial charge in [0, 0.05) is 9.86 Å². The average Bonchev–Trinajstić information content (AvgIpc) is 3.04. The molecule has 1 aliphatic heterocycles. The van der Waals surface area contributed by atoms with E-state index in [-0.39, 0.29) is 11.8 Å². The highest BCUT2D eigenvalue weighted by Gasteiger charge is 2.40. The number of para-hydroxylation sites is 1. The van der Waals surface area contributed by atoms with Gasteiger partial charge in [-0.1, -0.05) is 70.5 Å². The number of carbonyl (C=O) groups is 2. The Balaban J connectivity index is 1.74. The fraction of sp³-hybridized carbons (Fsp3) is 0. The quantitative estimate of drug-likeness (QED) is 0.358. The Hall–Kier alpha value is -3.57. The summed E-state index contributed by atoms with van der Waals surface area (Å²) in [6, 6.07) is 24.3. The summed E-state index contributed by atoms with van der Waals surface area (Å²) in [6.45, 7) is 0. The lowest BCUT2D eigenvalue weighted by Crippen LogP contribution is -2.29. The van der Waals surface area contributed by atoms with E-state index in [0.717, 1.165) is 10.0 Å². The van der Waals surface area contributed by atoms with Crippen molar-refractivity contribution in [2.45, 2.75) is 0 Å². The number of rotatable bonds is 3. The number of imide groups is 1. The van der Waals surface area contributed by atoms with E-state index in [1.54, 1.807) is 18.2 Å². The predicted octanol–water partition coefficient (Wildman–Crippen LogP) is 5.97. The van der Waals surface area contributed by atoms with Crippen LogP contribution in [0, 0.1) is 0 Å². The number of pyridine rings is 1. The van der Waals surface area contributed by atoms with Gasteiger partial charge in [0.05, 0.1) is 28.0 Å². The Kier molecular flexibility index (Phi) is 4.52. The Labute approximate surface area is 181 Å². The fourth-order valence-corrected chi connectivity index (χ4v) is 4.04. The third-order valence-electron chi connectivity index (χ3n) is 5.06. The van der Waals surface area contributed by atoms with E-state index >= 15 is 0 Å². The number of aromatic nitrogens is 1. The molecule has 0 saturated heterocycles. The zero-order valence-corrected chi connectivity index (χ0v) is 17.3. The topological polar surface area (TPSA) is 50.3 Å². The van der Waals surface area contributed by atoms with Gasteiger partial charge in [-0.05, 0) is 42.0 Å². The molecular formula is C25H15BrN2O2. The maximum Gasteiger partial charge on any atom is 0.268 e. The van der Waals surface area contributed by atoms with Crippen molar-refractivity contribution in [3.05, 3.63) is 106 Å². The second kappa shape index (κ2) is 7.35. The first-order valence-electron chi connectivity index (χ1n) is 9.44. The number of amides is 2. The molecule has 0 spiro atoms. The van der Waals surface area contributed by atoms with Crippen LogP contribution < -0.4 is 4.90 Å². The fourth-order valence-electron chi connectivity index (χ4n) is 3.68. The number of halogens is 1. The molecule has 30 heavy (non-hydrogen) atoms. The van der Waals surface area contributed by atoms with E-state index in [0.29, 0.717) is 33.4 Å². The van der Waals surface area contributed by atoms with Gasteiger partial charge in [0.25, 0.3) is 11.8 Å². The molecule has 1 aromatic heterocycles. The minimum Gasteiger partial charge on any atom is -0.268 e. The highest BCUT2D eigenvalue weighted by molar-refractivity contribution is 9.10. The van der Waals surface area contributed by atoms with Crippen LogP contribution >= 0.6 is 15.9 Å². The first-order chi connectivity index (χ1) is 14.6. The van der Waals surface area contributed by atoms with E-state index in [4.69, 9.17) is 4.98 Å². The van der Waals surface area contributed by atoms with Gasteiger partial charge in [-0.15, -0.1) is 0 Å². The summed E-state index contributed by atoms with van der Waals surface area (Å²) in [7, 11) is 0. The molecular weight excluding hydrogens is 440 g/mol. The van der Waals surface area contributed by atoms with Crippen molar-refractivity contribution in [1.82, 2.24) is 4.98 Å². The summed E-state index contributed by atoms with van der Waals surface area (Å²) >= 11 is 3.46. The standard InChI is InChI=1S/C25H15BrN2O2/c26-17-12-14-20-19(15-17)22-23(21(27-20)13-11-16-7-3-1-4-8-16)25(30)28(24(22)29)18-9-5-2-6-10-18/h1-15H. The van der Waals surface area contributed by atoms with Crippen molar-refractivity contribution >= 4 is 56.5 Å². The van der Waals surface area contributed by atoms with Gasteiger partial charge in [-0.3, -0.25) is 9.59 Å². The van der Waals surface area contributed by atoms with Crippen LogP contribution in [-0.4, -0.2) is 16.8 Å². The Morgan fingerprint density at radius 1 is 0.767 bits per heavy atom. The van der Waals surface area contributed by atoms with E-state index in [1.165, 1.54) is 4.90 Å². The molecule has 0 fully saturated rings. The zero-order chi connectivity index (χ0) is 20.7. The number of carbonyl (C=O) groups excluding carboxylic acids is 2. The average molecular weight is 455 g/mol. The van der Waals surface area contributed by atoms with Crippen LogP contribution in [-0.2, 0) is 0 Å². The lowest BCUT2D eigenvalue weighted by molar-refractivity contribution is 0.0926. The van der Waals surface area contributed by atoms with Crippen LogP contribution in [0.2, 0.25) is 0 Å². The van der Waals surface area contributed by atoms with E-state index in [9.17, 15) is 9.59 Å². The summed E-state index contributed by atoms with van der Waals surface area (Å²) in [6.07, 6.45) is 3.70. The maximum atomic E-state index is 13.4. The summed E-state index contributed by atoms with van der Waals surface area (Å²) < 4.78 is 0.824. The van der Waals surface area contributed by atoms with Gasteiger partial charge in [-0.25, -0.2) is 9.88 Å². The first-order valence-corrected chi connectivity index (χ1v) is 10.2. The third kappa shape index (κ3) is 3.04. The van der Waals surface area contributed by atoms with E-state index in [2.05, 4.69) is 15.9 Å². The van der Waals surface area contributed by atoms with Crippen LogP contribution in [0.15, 0.2) is 83.3 Å². The van der Waals surface area contributed by atoms with Crippen molar-refractivity contribution < 1.29 is 9.59 Å². The largest absolute Gasteiger partial charge is 0.268 e. The lowest BCUT2D eigenvalue weighted by atomic mass is 10.0. The highest BCUT2D eigenvalue weighted by Crippen LogP contribution is 2.36. The maximum absolute atomic E-state index is 13.4. The van der Waals surface area contributed by atoms with E-state index in [1.807, 2.05) is 72.8 Å². The number of fused-ring (bicyclic) bond motifs is 3. The van der Waals surface area contributed by atoms with Gasteiger partial charge in [0.15, 0.2) is 0 Å². The predicted molar refractivity (Wildman–Crippen MR) is 122 cm³/mol. The first kappa shape index (κ1) is 18.5. The second-order valence-corrected chi connectivity index (χ2v) is 7.85. The van der Waals surface area contributed by atoms with Crippen molar-refractivity contribution in [2.75, 3.05) is 4.90 Å². The van der Waals surface area contributed by atoms with Crippen LogP contribution in [0.1, 0.15) is 32.0 Å². The van der Waals surface area contributed by atoms with Crippen molar-refractivity contribution in [3.8, 4) is 0 Å². The summed E-state index contributed by atoms with van der Waals surface area (Å²) in [5, 5.41) is 0.660. The van der Waals surface area contributed by atoms with E-state index < -0.39 is 0 Å². The highest BCUT2D eigenvalue weighted by atomic mass is 79.9. The minimum absolute atomic E-state index is 0.332. The van der Waals surface area contributed by atoms with Crippen molar-refractivity contribution in [2.24, 2.45) is 0 Å². The summed E-state index contributed by atoms with van der Waals surface area (Å²) in [5.74, 6) is -0.690. The van der Waals surface area contributed by atoms with Gasteiger partial charge < -0.3 is 0 Å². The van der Waals surface area contributed by atoms with Gasteiger partial charge in [-0.2, -0.15) is 0 Å². The molecule has 5 heteroatoms. The number of nitrogens with zero attached hydrogens (tertiary/aromatic N) is 2. The molecule has 0 aliphatic carbocycles. The molecule has 5 rings (SSSR count). The van der Waals surface area contributed by atoms with Gasteiger partial charge in [0.1, 0.15) is 0 Å². The Morgan fingerprint density at radius 2 is 1.43 bits per heavy atom. The molecule has 144 valence electrons. The molecule has 1 aliphatic rings. The van der Waals surface area contributed by atoms with Crippen molar-refractivity contribution in [3.63, 3.8) is 0 Å². The molecule has 3 aromatic carbocycles. The monoisotopic (exact) mass is 454 g/mol. The van der Waals surface area contributed by atoms with Crippen LogP contribution in [0.3, 0.4) is 0 Å². The molecule has 2 heterocycles. The summed E-state index contributed by atoms with van der Waals surface area (Å²) in [4.78, 5) is 32.7. The van der Waals surface area contributed by atoms with Crippen LogP contribution in [0.5, 0.6) is 0 Å².